The summed E-state index contributed by atoms with van der Waals surface area (Å²) in [7, 11) is 1.60. The highest BCUT2D eigenvalue weighted by atomic mass is 16.5. The van der Waals surface area contributed by atoms with Gasteiger partial charge in [0.2, 0.25) is 17.6 Å². The van der Waals surface area contributed by atoms with E-state index in [1.807, 2.05) is 25.1 Å². The van der Waals surface area contributed by atoms with Crippen LogP contribution in [0.15, 0.2) is 22.7 Å². The van der Waals surface area contributed by atoms with Gasteiger partial charge in [-0.05, 0) is 44.4 Å². The molecule has 2 heterocycles. The second-order valence-corrected chi connectivity index (χ2v) is 6.60. The summed E-state index contributed by atoms with van der Waals surface area (Å²) in [6, 6.07) is 5.50. The third kappa shape index (κ3) is 5.45. The van der Waals surface area contributed by atoms with Gasteiger partial charge in [-0.1, -0.05) is 5.16 Å². The molecule has 1 saturated heterocycles. The third-order valence-corrected chi connectivity index (χ3v) is 4.54. The van der Waals surface area contributed by atoms with E-state index in [2.05, 4.69) is 15.5 Å². The molecule has 0 radical (unpaired) electrons. The van der Waals surface area contributed by atoms with Gasteiger partial charge in [-0.25, -0.2) is 0 Å². The molecule has 28 heavy (non-hydrogen) atoms. The van der Waals surface area contributed by atoms with E-state index >= 15 is 0 Å². The van der Waals surface area contributed by atoms with E-state index in [1.165, 1.54) is 0 Å². The molecule has 1 aliphatic rings. The fourth-order valence-corrected chi connectivity index (χ4v) is 3.08. The summed E-state index contributed by atoms with van der Waals surface area (Å²) in [5.41, 5.74) is 0.786. The predicted octanol–water partition coefficient (Wildman–Crippen LogP) is 2.76. The highest BCUT2D eigenvalue weighted by Crippen LogP contribution is 2.31. The summed E-state index contributed by atoms with van der Waals surface area (Å²) in [5, 5.41) is 6.94. The average molecular weight is 389 g/mol. The SMILES string of the molecule is CCOc1cc(-c2noc(CCCC(=O)NCC3CCCO3)n2)ccc1OC. The molecule has 1 aliphatic heterocycles. The summed E-state index contributed by atoms with van der Waals surface area (Å²) in [6.45, 7) is 3.82. The summed E-state index contributed by atoms with van der Waals surface area (Å²) in [6.07, 6.45) is 3.86. The largest absolute Gasteiger partial charge is 0.493 e. The van der Waals surface area contributed by atoms with Crippen LogP contribution in [0.2, 0.25) is 0 Å². The van der Waals surface area contributed by atoms with Crippen molar-refractivity contribution in [2.75, 3.05) is 26.9 Å². The number of methoxy groups -OCH3 is 1. The molecule has 1 aromatic heterocycles. The first kappa shape index (κ1) is 20.1. The van der Waals surface area contributed by atoms with E-state index in [4.69, 9.17) is 18.7 Å². The summed E-state index contributed by atoms with van der Waals surface area (Å²) >= 11 is 0. The smallest absolute Gasteiger partial charge is 0.226 e. The Kier molecular flexibility index (Phi) is 7.25. The second-order valence-electron chi connectivity index (χ2n) is 6.60. The molecule has 0 bridgehead atoms. The van der Waals surface area contributed by atoms with Gasteiger partial charge in [-0.3, -0.25) is 4.79 Å². The van der Waals surface area contributed by atoms with Crippen molar-refractivity contribution >= 4 is 5.91 Å². The van der Waals surface area contributed by atoms with E-state index in [0.29, 0.717) is 55.6 Å². The third-order valence-electron chi connectivity index (χ3n) is 4.54. The van der Waals surface area contributed by atoms with Crippen molar-refractivity contribution in [1.82, 2.24) is 15.5 Å². The summed E-state index contributed by atoms with van der Waals surface area (Å²) in [5.74, 6) is 2.31. The van der Waals surface area contributed by atoms with Crippen LogP contribution in [0, 0.1) is 0 Å². The normalized spacial score (nSPS) is 16.1. The fraction of sp³-hybridized carbons (Fsp3) is 0.550. The van der Waals surface area contributed by atoms with E-state index in [1.54, 1.807) is 7.11 Å². The number of amides is 1. The Hall–Kier alpha value is -2.61. The fourth-order valence-electron chi connectivity index (χ4n) is 3.08. The van der Waals surface area contributed by atoms with Crippen LogP contribution < -0.4 is 14.8 Å². The molecule has 1 atom stereocenters. The van der Waals surface area contributed by atoms with Crippen molar-refractivity contribution in [3.05, 3.63) is 24.1 Å². The van der Waals surface area contributed by atoms with E-state index in [-0.39, 0.29) is 12.0 Å². The van der Waals surface area contributed by atoms with E-state index in [9.17, 15) is 4.79 Å². The lowest BCUT2D eigenvalue weighted by atomic mass is 10.2. The first-order chi connectivity index (χ1) is 13.7. The molecule has 0 aliphatic carbocycles. The summed E-state index contributed by atoms with van der Waals surface area (Å²) < 4.78 is 21.7. The van der Waals surface area contributed by atoms with Crippen molar-refractivity contribution < 1.29 is 23.5 Å². The number of hydrogen-bond acceptors (Lipinski definition) is 7. The number of aryl methyl sites for hydroxylation is 1. The van der Waals surface area contributed by atoms with Crippen LogP contribution in [0.1, 0.15) is 38.5 Å². The topological polar surface area (TPSA) is 95.7 Å². The molecule has 0 saturated carbocycles. The van der Waals surface area contributed by atoms with Crippen LogP contribution in [-0.2, 0) is 16.0 Å². The van der Waals surface area contributed by atoms with E-state index < -0.39 is 0 Å². The molecule has 1 aromatic carbocycles. The van der Waals surface area contributed by atoms with Gasteiger partial charge in [0.05, 0.1) is 19.8 Å². The number of nitrogens with zero attached hydrogens (tertiary/aromatic N) is 2. The Bertz CT molecular complexity index is 771. The van der Waals surface area contributed by atoms with Crippen LogP contribution >= 0.6 is 0 Å². The minimum atomic E-state index is 0.0201. The Balaban J connectivity index is 1.48. The minimum absolute atomic E-state index is 0.0201. The Morgan fingerprint density at radius 2 is 2.25 bits per heavy atom. The first-order valence-corrected chi connectivity index (χ1v) is 9.71. The molecule has 1 unspecified atom stereocenters. The zero-order valence-electron chi connectivity index (χ0n) is 16.4. The van der Waals surface area contributed by atoms with Crippen LogP contribution in [0.4, 0.5) is 0 Å². The van der Waals surface area contributed by atoms with Gasteiger partial charge in [0.25, 0.3) is 0 Å². The number of rotatable bonds is 10. The van der Waals surface area contributed by atoms with Gasteiger partial charge in [-0.2, -0.15) is 4.98 Å². The molecular weight excluding hydrogens is 362 g/mol. The molecule has 1 N–H and O–H groups in total. The molecule has 8 nitrogen and oxygen atoms in total. The molecule has 152 valence electrons. The number of carbonyl (C=O) groups excluding carboxylic acids is 1. The molecule has 1 amide bonds. The van der Waals surface area contributed by atoms with Gasteiger partial charge >= 0.3 is 0 Å². The highest BCUT2D eigenvalue weighted by molar-refractivity contribution is 5.75. The zero-order valence-corrected chi connectivity index (χ0v) is 16.4. The van der Waals surface area contributed by atoms with Crippen molar-refractivity contribution in [3.8, 4) is 22.9 Å². The number of carbonyl (C=O) groups is 1. The first-order valence-electron chi connectivity index (χ1n) is 9.71. The lowest BCUT2D eigenvalue weighted by molar-refractivity contribution is -0.121. The Labute approximate surface area is 164 Å². The monoisotopic (exact) mass is 389 g/mol. The highest BCUT2D eigenvalue weighted by Gasteiger charge is 2.16. The maximum Gasteiger partial charge on any atom is 0.226 e. The average Bonchev–Trinajstić information content (AvgIpc) is 3.39. The van der Waals surface area contributed by atoms with Crippen molar-refractivity contribution in [2.45, 2.75) is 45.1 Å². The Morgan fingerprint density at radius 1 is 1.36 bits per heavy atom. The Morgan fingerprint density at radius 3 is 3.00 bits per heavy atom. The molecule has 2 aromatic rings. The quantitative estimate of drug-likeness (QED) is 0.667. The maximum absolute atomic E-state index is 11.9. The molecule has 1 fully saturated rings. The maximum atomic E-state index is 11.9. The molecule has 8 heteroatoms. The van der Waals surface area contributed by atoms with Gasteiger partial charge < -0.3 is 24.1 Å². The van der Waals surface area contributed by atoms with Crippen LogP contribution in [0.25, 0.3) is 11.4 Å². The number of nitrogens with one attached hydrogen (secondary N) is 1. The van der Waals surface area contributed by atoms with Gasteiger partial charge in [0.1, 0.15) is 0 Å². The van der Waals surface area contributed by atoms with Crippen molar-refractivity contribution in [1.29, 1.82) is 0 Å². The van der Waals surface area contributed by atoms with Crippen molar-refractivity contribution in [2.24, 2.45) is 0 Å². The van der Waals surface area contributed by atoms with Gasteiger partial charge in [0, 0.05) is 31.6 Å². The van der Waals surface area contributed by atoms with Gasteiger partial charge in [0.15, 0.2) is 11.5 Å². The minimum Gasteiger partial charge on any atom is -0.493 e. The number of hydrogen-bond donors (Lipinski definition) is 1. The lowest BCUT2D eigenvalue weighted by Crippen LogP contribution is -2.31. The van der Waals surface area contributed by atoms with Crippen LogP contribution in [0.5, 0.6) is 11.5 Å². The molecule has 3 rings (SSSR count). The molecular formula is C20H27N3O5. The lowest BCUT2D eigenvalue weighted by Gasteiger charge is -2.10. The van der Waals surface area contributed by atoms with Crippen LogP contribution in [-0.4, -0.2) is 49.0 Å². The second kappa shape index (κ2) is 10.1. The predicted molar refractivity (Wildman–Crippen MR) is 102 cm³/mol. The number of ether oxygens (including phenoxy) is 3. The zero-order chi connectivity index (χ0) is 19.8. The van der Waals surface area contributed by atoms with Gasteiger partial charge in [-0.15, -0.1) is 0 Å². The number of benzene rings is 1. The van der Waals surface area contributed by atoms with Crippen molar-refractivity contribution in [3.63, 3.8) is 0 Å². The van der Waals surface area contributed by atoms with E-state index in [0.717, 1.165) is 25.0 Å². The molecule has 0 spiro atoms. The summed E-state index contributed by atoms with van der Waals surface area (Å²) in [4.78, 5) is 16.3. The van der Waals surface area contributed by atoms with Crippen LogP contribution in [0.3, 0.4) is 0 Å². The number of aromatic nitrogens is 2. The standard InChI is InChI=1S/C20H27N3O5/c1-3-26-17-12-14(9-10-16(17)25-2)20-22-19(28-23-20)8-4-7-18(24)21-13-15-6-5-11-27-15/h9-10,12,15H,3-8,11,13H2,1-2H3,(H,21,24).